The predicted octanol–water partition coefficient (Wildman–Crippen LogP) is 1.95. The molecule has 2 heterocycles. The zero-order valence-corrected chi connectivity index (χ0v) is 17.7. The maximum absolute atomic E-state index is 11.6. The first kappa shape index (κ1) is 20.6. The molecular weight excluding hydrogens is 350 g/mol. The van der Waals surface area contributed by atoms with Crippen molar-refractivity contribution in [2.24, 2.45) is 4.99 Å². The summed E-state index contributed by atoms with van der Waals surface area (Å²) in [6.07, 6.45) is 2.23. The molecule has 0 aromatic heterocycles. The number of nitrogens with one attached hydrogen (secondary N) is 1. The molecule has 6 heteroatoms. The second kappa shape index (κ2) is 9.92. The van der Waals surface area contributed by atoms with Crippen molar-refractivity contribution >= 4 is 11.9 Å². The molecule has 1 aromatic carbocycles. The predicted molar refractivity (Wildman–Crippen MR) is 114 cm³/mol. The fraction of sp³-hybridized carbons (Fsp3) is 0.636. The average molecular weight is 386 g/mol. The summed E-state index contributed by atoms with van der Waals surface area (Å²) in [6.45, 7) is 13.1. The Hall–Kier alpha value is -2.08. The zero-order valence-electron chi connectivity index (χ0n) is 17.7. The van der Waals surface area contributed by atoms with Crippen molar-refractivity contribution in [3.05, 3.63) is 35.4 Å². The van der Waals surface area contributed by atoms with Gasteiger partial charge in [0.1, 0.15) is 0 Å². The van der Waals surface area contributed by atoms with Gasteiger partial charge >= 0.3 is 0 Å². The third-order valence-electron chi connectivity index (χ3n) is 5.96. The standard InChI is InChI=1S/C22H35N5O/c1-4-21(27-11-10-19-8-6-7-9-20(19)17-27)16-24-22(23-5-2)26-14-12-25(13-15-26)18(3)28/h6-9,21H,4-5,10-17H2,1-3H3,(H,23,24). The van der Waals surface area contributed by atoms with E-state index in [1.54, 1.807) is 6.92 Å². The Balaban J connectivity index is 1.62. The Kier molecular flexibility index (Phi) is 7.31. The molecule has 1 fully saturated rings. The van der Waals surface area contributed by atoms with Crippen LogP contribution in [0, 0.1) is 0 Å². The van der Waals surface area contributed by atoms with Gasteiger partial charge in [-0.1, -0.05) is 31.2 Å². The molecule has 2 aliphatic rings. The van der Waals surface area contributed by atoms with Crippen LogP contribution >= 0.6 is 0 Å². The van der Waals surface area contributed by atoms with Crippen LogP contribution in [0.25, 0.3) is 0 Å². The van der Waals surface area contributed by atoms with Gasteiger partial charge in [-0.3, -0.25) is 14.7 Å². The maximum Gasteiger partial charge on any atom is 0.219 e. The van der Waals surface area contributed by atoms with Gasteiger partial charge in [0.05, 0.1) is 6.54 Å². The first-order valence-electron chi connectivity index (χ1n) is 10.7. The Morgan fingerprint density at radius 3 is 2.39 bits per heavy atom. The number of carbonyl (C=O) groups is 1. The van der Waals surface area contributed by atoms with E-state index in [9.17, 15) is 4.79 Å². The fourth-order valence-corrected chi connectivity index (χ4v) is 4.18. The molecule has 0 bridgehead atoms. The van der Waals surface area contributed by atoms with E-state index in [-0.39, 0.29) is 5.91 Å². The molecule has 0 aliphatic carbocycles. The number of amides is 1. The van der Waals surface area contributed by atoms with E-state index in [0.29, 0.717) is 6.04 Å². The Labute approximate surface area is 169 Å². The number of carbonyl (C=O) groups excluding carboxylic acids is 1. The molecule has 0 radical (unpaired) electrons. The number of aliphatic imine (C=N–C) groups is 1. The van der Waals surface area contributed by atoms with E-state index in [2.05, 4.69) is 53.2 Å². The highest BCUT2D eigenvalue weighted by Crippen LogP contribution is 2.21. The molecule has 0 saturated carbocycles. The first-order chi connectivity index (χ1) is 13.6. The van der Waals surface area contributed by atoms with Crippen LogP contribution in [0.5, 0.6) is 0 Å². The molecule has 154 valence electrons. The number of fused-ring (bicyclic) bond motifs is 1. The minimum Gasteiger partial charge on any atom is -0.357 e. The van der Waals surface area contributed by atoms with Crippen molar-refractivity contribution in [1.82, 2.24) is 20.0 Å². The molecule has 6 nitrogen and oxygen atoms in total. The normalized spacial score (nSPS) is 19.3. The largest absolute Gasteiger partial charge is 0.357 e. The number of hydrogen-bond acceptors (Lipinski definition) is 3. The van der Waals surface area contributed by atoms with Gasteiger partial charge in [-0.25, -0.2) is 0 Å². The number of nitrogens with zero attached hydrogens (tertiary/aromatic N) is 4. The van der Waals surface area contributed by atoms with Crippen molar-refractivity contribution in [3.8, 4) is 0 Å². The first-order valence-corrected chi connectivity index (χ1v) is 10.7. The van der Waals surface area contributed by atoms with E-state index in [4.69, 9.17) is 4.99 Å². The molecule has 28 heavy (non-hydrogen) atoms. The molecule has 2 aliphatic heterocycles. The summed E-state index contributed by atoms with van der Waals surface area (Å²) in [7, 11) is 0. The van der Waals surface area contributed by atoms with Gasteiger partial charge in [0, 0.05) is 58.8 Å². The minimum atomic E-state index is 0.165. The van der Waals surface area contributed by atoms with Crippen molar-refractivity contribution in [2.75, 3.05) is 45.8 Å². The summed E-state index contributed by atoms with van der Waals surface area (Å²) in [6, 6.07) is 9.27. The van der Waals surface area contributed by atoms with Crippen LogP contribution in [0.4, 0.5) is 0 Å². The minimum absolute atomic E-state index is 0.165. The summed E-state index contributed by atoms with van der Waals surface area (Å²) in [5, 5.41) is 3.45. The highest BCUT2D eigenvalue weighted by molar-refractivity contribution is 5.80. The smallest absolute Gasteiger partial charge is 0.219 e. The monoisotopic (exact) mass is 385 g/mol. The molecule has 1 atom stereocenters. The molecular formula is C22H35N5O. The number of rotatable bonds is 5. The SMILES string of the molecule is CCNC(=NCC(CC)N1CCc2ccccc2C1)N1CCN(C(C)=O)CC1. The van der Waals surface area contributed by atoms with Gasteiger partial charge in [-0.15, -0.1) is 0 Å². The topological polar surface area (TPSA) is 51.2 Å². The van der Waals surface area contributed by atoms with Gasteiger partial charge in [-0.2, -0.15) is 0 Å². The van der Waals surface area contributed by atoms with Gasteiger partial charge in [-0.05, 0) is 30.9 Å². The molecule has 1 amide bonds. The summed E-state index contributed by atoms with van der Waals surface area (Å²) < 4.78 is 0. The van der Waals surface area contributed by atoms with Crippen LogP contribution in [0.1, 0.15) is 38.3 Å². The molecule has 1 unspecified atom stereocenters. The maximum atomic E-state index is 11.6. The van der Waals surface area contributed by atoms with Gasteiger partial charge < -0.3 is 15.1 Å². The van der Waals surface area contributed by atoms with Gasteiger partial charge in [0.2, 0.25) is 5.91 Å². The lowest BCUT2D eigenvalue weighted by molar-refractivity contribution is -0.130. The molecule has 1 N–H and O–H groups in total. The van der Waals surface area contributed by atoms with Crippen LogP contribution < -0.4 is 5.32 Å². The highest BCUT2D eigenvalue weighted by atomic mass is 16.2. The fourth-order valence-electron chi connectivity index (χ4n) is 4.18. The van der Waals surface area contributed by atoms with Crippen LogP contribution in [0.2, 0.25) is 0 Å². The highest BCUT2D eigenvalue weighted by Gasteiger charge is 2.24. The molecule has 1 aromatic rings. The Bertz CT molecular complexity index is 681. The third kappa shape index (κ3) is 5.04. The van der Waals surface area contributed by atoms with E-state index in [0.717, 1.165) is 71.2 Å². The summed E-state index contributed by atoms with van der Waals surface area (Å²) in [4.78, 5) is 23.4. The Morgan fingerprint density at radius 2 is 1.75 bits per heavy atom. The van der Waals surface area contributed by atoms with Crippen molar-refractivity contribution in [3.63, 3.8) is 0 Å². The van der Waals surface area contributed by atoms with Crippen molar-refractivity contribution in [1.29, 1.82) is 0 Å². The third-order valence-corrected chi connectivity index (χ3v) is 5.96. The average Bonchev–Trinajstić information content (AvgIpc) is 2.73. The second-order valence-corrected chi connectivity index (χ2v) is 7.74. The van der Waals surface area contributed by atoms with E-state index < -0.39 is 0 Å². The quantitative estimate of drug-likeness (QED) is 0.622. The van der Waals surface area contributed by atoms with E-state index in [1.807, 2.05) is 4.90 Å². The summed E-state index contributed by atoms with van der Waals surface area (Å²) >= 11 is 0. The number of guanidine groups is 1. The number of piperazine rings is 1. The van der Waals surface area contributed by atoms with Crippen molar-refractivity contribution < 1.29 is 4.79 Å². The molecule has 0 spiro atoms. The summed E-state index contributed by atoms with van der Waals surface area (Å²) in [5.41, 5.74) is 2.96. The lowest BCUT2D eigenvalue weighted by Gasteiger charge is -2.37. The molecule has 1 saturated heterocycles. The van der Waals surface area contributed by atoms with E-state index in [1.165, 1.54) is 11.1 Å². The lowest BCUT2D eigenvalue weighted by Crippen LogP contribution is -2.53. The number of hydrogen-bond donors (Lipinski definition) is 1. The summed E-state index contributed by atoms with van der Waals surface area (Å²) in [5.74, 6) is 1.15. The molecule has 3 rings (SSSR count). The van der Waals surface area contributed by atoms with Crippen LogP contribution in [0.3, 0.4) is 0 Å². The zero-order chi connectivity index (χ0) is 19.9. The second-order valence-electron chi connectivity index (χ2n) is 7.74. The van der Waals surface area contributed by atoms with Gasteiger partial charge in [0.25, 0.3) is 0 Å². The van der Waals surface area contributed by atoms with Crippen LogP contribution in [-0.4, -0.2) is 78.4 Å². The van der Waals surface area contributed by atoms with E-state index >= 15 is 0 Å². The Morgan fingerprint density at radius 1 is 1.07 bits per heavy atom. The lowest BCUT2D eigenvalue weighted by atomic mass is 9.98. The number of benzene rings is 1. The van der Waals surface area contributed by atoms with Crippen LogP contribution in [-0.2, 0) is 17.8 Å². The van der Waals surface area contributed by atoms with Gasteiger partial charge in [0.15, 0.2) is 5.96 Å². The van der Waals surface area contributed by atoms with Crippen molar-refractivity contribution in [2.45, 2.75) is 46.2 Å². The van der Waals surface area contributed by atoms with Crippen LogP contribution in [0.15, 0.2) is 29.3 Å².